The van der Waals surface area contributed by atoms with Crippen LogP contribution in [-0.2, 0) is 0 Å². The number of benzene rings is 1. The highest BCUT2D eigenvalue weighted by Crippen LogP contribution is 2.24. The summed E-state index contributed by atoms with van der Waals surface area (Å²) in [4.78, 5) is 0. The summed E-state index contributed by atoms with van der Waals surface area (Å²) in [5, 5.41) is 9.71. The van der Waals surface area contributed by atoms with E-state index >= 15 is 0 Å². The lowest BCUT2D eigenvalue weighted by Gasteiger charge is -2.18. The number of hydrogen-bond acceptors (Lipinski definition) is 5. The zero-order valence-corrected chi connectivity index (χ0v) is 9.74. The Hall–Kier alpha value is -1.62. The summed E-state index contributed by atoms with van der Waals surface area (Å²) in [6.45, 7) is 0.750. The van der Waals surface area contributed by atoms with E-state index in [4.69, 9.17) is 0 Å². The van der Waals surface area contributed by atoms with Crippen molar-refractivity contribution in [2.75, 3.05) is 17.9 Å². The van der Waals surface area contributed by atoms with Gasteiger partial charge in [-0.25, -0.2) is 10.0 Å². The Labute approximate surface area is 98.6 Å². The molecule has 0 saturated carbocycles. The number of amidine groups is 1. The van der Waals surface area contributed by atoms with E-state index in [1.54, 1.807) is 11.8 Å². The third kappa shape index (κ3) is 1.53. The summed E-state index contributed by atoms with van der Waals surface area (Å²) in [6.07, 6.45) is 4.12. The molecule has 0 aromatic heterocycles. The fourth-order valence-electron chi connectivity index (χ4n) is 1.74. The number of nitrogens with zero attached hydrogens (tertiary/aromatic N) is 3. The number of rotatable bonds is 2. The number of hydrazone groups is 1. The third-order valence-corrected chi connectivity index (χ3v) is 3.20. The van der Waals surface area contributed by atoms with Gasteiger partial charge < -0.3 is 0 Å². The number of hydrazine groups is 1. The second kappa shape index (κ2) is 3.75. The van der Waals surface area contributed by atoms with E-state index in [1.165, 1.54) is 0 Å². The zero-order valence-electron chi connectivity index (χ0n) is 8.92. The van der Waals surface area contributed by atoms with Crippen LogP contribution >= 0.6 is 11.8 Å². The van der Waals surface area contributed by atoms with Crippen molar-refractivity contribution < 1.29 is 0 Å². The van der Waals surface area contributed by atoms with Crippen molar-refractivity contribution in [2.24, 2.45) is 5.10 Å². The van der Waals surface area contributed by atoms with E-state index < -0.39 is 0 Å². The normalized spacial score (nSPS) is 18.1. The molecule has 0 unspecified atom stereocenters. The topological polar surface area (TPSA) is 30.9 Å². The van der Waals surface area contributed by atoms with Gasteiger partial charge in [0.2, 0.25) is 0 Å². The SMILES string of the molecule is CSC1=CC2=NN(c3ccccc3)CN2N1. The molecule has 0 saturated heterocycles. The van der Waals surface area contributed by atoms with E-state index in [0.717, 1.165) is 23.2 Å². The highest BCUT2D eigenvalue weighted by Gasteiger charge is 2.27. The standard InChI is InChI=1S/C11H12N4S/c1-16-11-7-10-12-14(8-15(10)13-11)9-5-3-2-4-6-9/h2-7,13H,8H2,1H3. The Morgan fingerprint density at radius 3 is 2.81 bits per heavy atom. The number of hydrogen-bond donors (Lipinski definition) is 1. The van der Waals surface area contributed by atoms with Crippen LogP contribution in [0, 0.1) is 0 Å². The average Bonchev–Trinajstić information content (AvgIpc) is 2.87. The maximum absolute atomic E-state index is 4.54. The van der Waals surface area contributed by atoms with Crippen molar-refractivity contribution >= 4 is 23.3 Å². The Morgan fingerprint density at radius 2 is 2.12 bits per heavy atom. The second-order valence-corrected chi connectivity index (χ2v) is 4.44. The van der Waals surface area contributed by atoms with Gasteiger partial charge in [0.1, 0.15) is 6.67 Å². The van der Waals surface area contributed by atoms with E-state index in [-0.39, 0.29) is 0 Å². The monoisotopic (exact) mass is 232 g/mol. The molecular weight excluding hydrogens is 220 g/mol. The van der Waals surface area contributed by atoms with Crippen LogP contribution in [0.15, 0.2) is 46.5 Å². The minimum atomic E-state index is 0.750. The molecule has 0 atom stereocenters. The van der Waals surface area contributed by atoms with E-state index in [1.807, 2.05) is 28.2 Å². The van der Waals surface area contributed by atoms with Crippen molar-refractivity contribution in [1.82, 2.24) is 10.4 Å². The Kier molecular flexibility index (Phi) is 2.25. The number of anilines is 1. The second-order valence-electron chi connectivity index (χ2n) is 3.59. The predicted octanol–water partition coefficient (Wildman–Crippen LogP) is 1.80. The molecule has 82 valence electrons. The van der Waals surface area contributed by atoms with Crippen molar-refractivity contribution in [2.45, 2.75) is 0 Å². The van der Waals surface area contributed by atoms with Crippen molar-refractivity contribution in [3.63, 3.8) is 0 Å². The largest absolute Gasteiger partial charge is 0.289 e. The lowest BCUT2D eigenvalue weighted by molar-refractivity contribution is 0.393. The molecule has 0 spiro atoms. The number of nitrogens with one attached hydrogen (secondary N) is 1. The van der Waals surface area contributed by atoms with Crippen LogP contribution in [-0.4, -0.2) is 23.8 Å². The summed E-state index contributed by atoms with van der Waals surface area (Å²) >= 11 is 1.70. The maximum Gasteiger partial charge on any atom is 0.172 e. The van der Waals surface area contributed by atoms with Crippen LogP contribution in [0.1, 0.15) is 0 Å². The first-order chi connectivity index (χ1) is 7.86. The number of thioether (sulfide) groups is 1. The summed E-state index contributed by atoms with van der Waals surface area (Å²) in [5.74, 6) is 0.980. The Morgan fingerprint density at radius 1 is 1.31 bits per heavy atom. The van der Waals surface area contributed by atoms with Gasteiger partial charge in [0.05, 0.1) is 10.7 Å². The molecule has 1 N–H and O–H groups in total. The third-order valence-electron chi connectivity index (χ3n) is 2.55. The van der Waals surface area contributed by atoms with Gasteiger partial charge in [0.25, 0.3) is 0 Å². The van der Waals surface area contributed by atoms with Gasteiger partial charge in [-0.05, 0) is 18.4 Å². The smallest absolute Gasteiger partial charge is 0.172 e. The lowest BCUT2D eigenvalue weighted by atomic mass is 10.3. The van der Waals surface area contributed by atoms with Crippen LogP contribution in [0.4, 0.5) is 5.69 Å². The molecule has 0 radical (unpaired) electrons. The molecule has 2 heterocycles. The first-order valence-electron chi connectivity index (χ1n) is 5.08. The quantitative estimate of drug-likeness (QED) is 0.842. The Bertz CT molecular complexity index is 454. The summed E-state index contributed by atoms with van der Waals surface area (Å²) in [5.41, 5.74) is 4.40. The molecule has 1 aromatic carbocycles. The van der Waals surface area contributed by atoms with Crippen LogP contribution in [0.25, 0.3) is 0 Å². The summed E-state index contributed by atoms with van der Waals surface area (Å²) < 4.78 is 0. The van der Waals surface area contributed by atoms with Crippen molar-refractivity contribution in [3.8, 4) is 0 Å². The molecule has 0 fully saturated rings. The van der Waals surface area contributed by atoms with Crippen LogP contribution in [0.5, 0.6) is 0 Å². The highest BCUT2D eigenvalue weighted by atomic mass is 32.2. The fourth-order valence-corrected chi connectivity index (χ4v) is 2.17. The maximum atomic E-state index is 4.54. The highest BCUT2D eigenvalue weighted by molar-refractivity contribution is 8.02. The molecule has 0 bridgehead atoms. The van der Waals surface area contributed by atoms with Crippen molar-refractivity contribution in [3.05, 3.63) is 41.4 Å². The van der Waals surface area contributed by atoms with Gasteiger partial charge >= 0.3 is 0 Å². The zero-order chi connectivity index (χ0) is 11.0. The fraction of sp³-hybridized carbons (Fsp3) is 0.182. The molecule has 2 aliphatic rings. The van der Waals surface area contributed by atoms with Gasteiger partial charge in [-0.2, -0.15) is 5.10 Å². The van der Waals surface area contributed by atoms with Gasteiger partial charge in [0, 0.05) is 6.08 Å². The lowest BCUT2D eigenvalue weighted by Crippen LogP contribution is -2.36. The summed E-state index contributed by atoms with van der Waals surface area (Å²) in [7, 11) is 0. The van der Waals surface area contributed by atoms with Crippen LogP contribution in [0.2, 0.25) is 0 Å². The molecule has 4 nitrogen and oxygen atoms in total. The molecule has 16 heavy (non-hydrogen) atoms. The summed E-state index contributed by atoms with van der Waals surface area (Å²) in [6, 6.07) is 10.2. The molecule has 5 heteroatoms. The van der Waals surface area contributed by atoms with Crippen molar-refractivity contribution in [1.29, 1.82) is 0 Å². The molecule has 0 aliphatic carbocycles. The molecule has 3 rings (SSSR count). The first kappa shape index (κ1) is 9.59. The van der Waals surface area contributed by atoms with E-state index in [0.29, 0.717) is 0 Å². The van der Waals surface area contributed by atoms with Gasteiger partial charge in [0.15, 0.2) is 5.84 Å². The van der Waals surface area contributed by atoms with Crippen LogP contribution < -0.4 is 10.4 Å². The molecular formula is C11H12N4S. The number of fused-ring (bicyclic) bond motifs is 1. The minimum Gasteiger partial charge on any atom is -0.289 e. The van der Waals surface area contributed by atoms with E-state index in [2.05, 4.69) is 35.0 Å². The average molecular weight is 232 g/mol. The van der Waals surface area contributed by atoms with Crippen LogP contribution in [0.3, 0.4) is 0 Å². The number of para-hydroxylation sites is 1. The predicted molar refractivity (Wildman–Crippen MR) is 67.8 cm³/mol. The Balaban J connectivity index is 1.84. The van der Waals surface area contributed by atoms with Gasteiger partial charge in [-0.15, -0.1) is 11.8 Å². The van der Waals surface area contributed by atoms with Gasteiger partial charge in [-0.3, -0.25) is 5.43 Å². The van der Waals surface area contributed by atoms with Gasteiger partial charge in [-0.1, -0.05) is 18.2 Å². The first-order valence-corrected chi connectivity index (χ1v) is 6.30. The molecule has 2 aliphatic heterocycles. The minimum absolute atomic E-state index is 0.750. The van der Waals surface area contributed by atoms with E-state index in [9.17, 15) is 0 Å². The molecule has 1 aromatic rings. The molecule has 0 amide bonds.